The van der Waals surface area contributed by atoms with Crippen LogP contribution in [0.25, 0.3) is 0 Å². The number of hydrogen-bond donors (Lipinski definition) is 1. The first-order valence-corrected chi connectivity index (χ1v) is 3.78. The van der Waals surface area contributed by atoms with Crippen molar-refractivity contribution in [2.24, 2.45) is 0 Å². The Hall–Kier alpha value is -0.210. The summed E-state index contributed by atoms with van der Waals surface area (Å²) in [5, 5.41) is 0. The van der Waals surface area contributed by atoms with Gasteiger partial charge in [-0.15, -0.1) is 0 Å². The van der Waals surface area contributed by atoms with Gasteiger partial charge in [0.25, 0.3) is 0 Å². The van der Waals surface area contributed by atoms with Gasteiger partial charge in [-0.2, -0.15) is 0 Å². The Morgan fingerprint density at radius 1 is 1.56 bits per heavy atom. The number of thiol groups is 1. The summed E-state index contributed by atoms with van der Waals surface area (Å²) >= 11 is 3.00. The molecule has 0 aliphatic rings. The van der Waals surface area contributed by atoms with Crippen molar-refractivity contribution in [2.75, 3.05) is 0 Å². The summed E-state index contributed by atoms with van der Waals surface area (Å²) in [5.74, 6) is 0. The predicted octanol–water partition coefficient (Wildman–Crippen LogP) is 2.46. The van der Waals surface area contributed by atoms with Gasteiger partial charge in [0.2, 0.25) is 0 Å². The number of aromatic nitrogens is 1. The largest absolute Gasteiger partial charge is 0.264 e. The summed E-state index contributed by atoms with van der Waals surface area (Å²) in [5.41, 5.74) is 1.21. The average molecular weight is 162 g/mol. The maximum atomic E-state index is 4.33. The highest BCUT2D eigenvalue weighted by atomic mass is 35.7. The van der Waals surface area contributed by atoms with Crippen molar-refractivity contribution in [1.29, 1.82) is 0 Å². The average Bonchev–Trinajstić information content (AvgIpc) is 1.94. The number of aryl methyl sites for hydroxylation is 1. The smallest absolute Gasteiger partial charge is 0.0297 e. The van der Waals surface area contributed by atoms with Crippen LogP contribution in [0.15, 0.2) is 24.5 Å². The second-order valence-corrected chi connectivity index (χ2v) is 1.53. The van der Waals surface area contributed by atoms with Crippen LogP contribution in [0.1, 0.15) is 5.56 Å². The van der Waals surface area contributed by atoms with Crippen molar-refractivity contribution in [3.8, 4) is 0 Å². The normalized spacial score (nSPS) is 7.44. The van der Waals surface area contributed by atoms with E-state index in [1.807, 2.05) is 25.3 Å². The fourth-order valence-corrected chi connectivity index (χ4v) is 0.448. The SMILES string of the molecule is Cc1cccnc1.SCl. The second kappa shape index (κ2) is 5.92. The number of halogens is 1. The van der Waals surface area contributed by atoms with Crippen molar-refractivity contribution >= 4 is 22.5 Å². The molecule has 0 radical (unpaired) electrons. The zero-order chi connectivity index (χ0) is 7.11. The molecule has 0 N–H and O–H groups in total. The molecule has 1 aromatic heterocycles. The van der Waals surface area contributed by atoms with Crippen LogP contribution in [-0.4, -0.2) is 4.98 Å². The Balaban J connectivity index is 0.000000291. The van der Waals surface area contributed by atoms with E-state index in [9.17, 15) is 0 Å². The van der Waals surface area contributed by atoms with Crippen molar-refractivity contribution in [3.63, 3.8) is 0 Å². The molecule has 0 bridgehead atoms. The molecular weight excluding hydrogens is 154 g/mol. The van der Waals surface area contributed by atoms with Gasteiger partial charge < -0.3 is 0 Å². The van der Waals surface area contributed by atoms with E-state index >= 15 is 0 Å². The van der Waals surface area contributed by atoms with E-state index in [1.165, 1.54) is 5.56 Å². The minimum Gasteiger partial charge on any atom is -0.264 e. The molecule has 9 heavy (non-hydrogen) atoms. The Kier molecular flexibility index (Phi) is 5.78. The molecule has 0 aliphatic heterocycles. The molecule has 3 heteroatoms. The number of nitrogens with zero attached hydrogens (tertiary/aromatic N) is 1. The lowest BCUT2D eigenvalue weighted by atomic mass is 10.3. The van der Waals surface area contributed by atoms with Gasteiger partial charge in [0.1, 0.15) is 0 Å². The monoisotopic (exact) mass is 161 g/mol. The van der Waals surface area contributed by atoms with E-state index in [4.69, 9.17) is 0 Å². The highest BCUT2D eigenvalue weighted by Crippen LogP contribution is 1.88. The molecule has 0 saturated carbocycles. The van der Waals surface area contributed by atoms with Crippen molar-refractivity contribution in [2.45, 2.75) is 6.92 Å². The molecule has 0 spiro atoms. The number of hydrogen-bond acceptors (Lipinski definition) is 2. The molecule has 1 aromatic rings. The van der Waals surface area contributed by atoms with Gasteiger partial charge in [-0.25, -0.2) is 0 Å². The first-order chi connectivity index (χ1) is 4.39. The van der Waals surface area contributed by atoms with Crippen LogP contribution in [-0.2, 0) is 0 Å². The highest BCUT2D eigenvalue weighted by Gasteiger charge is 1.73. The maximum absolute atomic E-state index is 4.33. The summed E-state index contributed by atoms with van der Waals surface area (Å²) in [6, 6.07) is 3.95. The summed E-state index contributed by atoms with van der Waals surface area (Å²) < 4.78 is 0. The molecule has 0 saturated heterocycles. The quantitative estimate of drug-likeness (QED) is 0.577. The predicted molar refractivity (Wildman–Crippen MR) is 43.8 cm³/mol. The topological polar surface area (TPSA) is 12.9 Å². The second-order valence-electron chi connectivity index (χ2n) is 1.53. The first-order valence-electron chi connectivity index (χ1n) is 2.43. The van der Waals surface area contributed by atoms with Crippen LogP contribution < -0.4 is 0 Å². The van der Waals surface area contributed by atoms with E-state index in [-0.39, 0.29) is 0 Å². The lowest BCUT2D eigenvalue weighted by molar-refractivity contribution is 1.27. The third-order valence-electron chi connectivity index (χ3n) is 0.809. The third kappa shape index (κ3) is 4.30. The Morgan fingerprint density at radius 3 is 2.44 bits per heavy atom. The number of rotatable bonds is 0. The van der Waals surface area contributed by atoms with Gasteiger partial charge in [0, 0.05) is 12.4 Å². The number of pyridine rings is 1. The Morgan fingerprint density at radius 2 is 2.22 bits per heavy atom. The zero-order valence-electron chi connectivity index (χ0n) is 5.08. The van der Waals surface area contributed by atoms with E-state index < -0.39 is 0 Å². The standard InChI is InChI=1S/C6H7N.ClHS/c1-6-3-2-4-7-5-6;1-2/h2-5H,1H3;2H. The van der Waals surface area contributed by atoms with Gasteiger partial charge in [-0.3, -0.25) is 4.98 Å². The molecule has 1 heterocycles. The van der Waals surface area contributed by atoms with E-state index in [1.54, 1.807) is 6.20 Å². The lowest BCUT2D eigenvalue weighted by Crippen LogP contribution is -1.69. The lowest BCUT2D eigenvalue weighted by Gasteiger charge is -1.82. The molecule has 0 fully saturated rings. The van der Waals surface area contributed by atoms with E-state index in [0.717, 1.165) is 0 Å². The summed E-state index contributed by atoms with van der Waals surface area (Å²) in [6.07, 6.45) is 3.60. The fourth-order valence-electron chi connectivity index (χ4n) is 0.448. The maximum Gasteiger partial charge on any atom is 0.0297 e. The van der Waals surface area contributed by atoms with Gasteiger partial charge in [-0.1, -0.05) is 17.9 Å². The van der Waals surface area contributed by atoms with E-state index in [0.29, 0.717) is 0 Å². The first kappa shape index (κ1) is 8.79. The molecule has 0 atom stereocenters. The van der Waals surface area contributed by atoms with Crippen LogP contribution in [0.2, 0.25) is 0 Å². The van der Waals surface area contributed by atoms with Gasteiger partial charge in [-0.05, 0) is 29.2 Å². The molecule has 1 nitrogen and oxygen atoms in total. The van der Waals surface area contributed by atoms with Crippen LogP contribution in [0.4, 0.5) is 0 Å². The van der Waals surface area contributed by atoms with Crippen molar-refractivity contribution in [3.05, 3.63) is 30.1 Å². The molecule has 0 unspecified atom stereocenters. The highest BCUT2D eigenvalue weighted by molar-refractivity contribution is 8.05. The van der Waals surface area contributed by atoms with Crippen molar-refractivity contribution in [1.82, 2.24) is 4.98 Å². The van der Waals surface area contributed by atoms with Crippen LogP contribution >= 0.6 is 22.5 Å². The molecular formula is C6H8ClNS. The molecule has 0 aromatic carbocycles. The molecule has 0 amide bonds. The van der Waals surface area contributed by atoms with Gasteiger partial charge >= 0.3 is 0 Å². The Labute approximate surface area is 65.0 Å². The fraction of sp³-hybridized carbons (Fsp3) is 0.167. The van der Waals surface area contributed by atoms with Gasteiger partial charge in [0.15, 0.2) is 0 Å². The van der Waals surface area contributed by atoms with Crippen LogP contribution in [0.5, 0.6) is 0 Å². The van der Waals surface area contributed by atoms with Gasteiger partial charge in [0.05, 0.1) is 0 Å². The molecule has 1 rings (SSSR count). The zero-order valence-corrected chi connectivity index (χ0v) is 6.73. The molecule has 0 aliphatic carbocycles. The Bertz CT molecular complexity index is 143. The third-order valence-corrected chi connectivity index (χ3v) is 0.809. The minimum atomic E-state index is 1.21. The minimum absolute atomic E-state index is 1.21. The summed E-state index contributed by atoms with van der Waals surface area (Å²) in [7, 11) is 4.33. The molecule has 50 valence electrons. The van der Waals surface area contributed by atoms with Crippen LogP contribution in [0.3, 0.4) is 0 Å². The van der Waals surface area contributed by atoms with Crippen LogP contribution in [0, 0.1) is 6.92 Å². The summed E-state index contributed by atoms with van der Waals surface area (Å²) in [6.45, 7) is 2.02. The summed E-state index contributed by atoms with van der Waals surface area (Å²) in [4.78, 5) is 3.88. The van der Waals surface area contributed by atoms with E-state index in [2.05, 4.69) is 27.5 Å². The van der Waals surface area contributed by atoms with Crippen molar-refractivity contribution < 1.29 is 0 Å².